The van der Waals surface area contributed by atoms with E-state index in [9.17, 15) is 0 Å². The molecule has 25 heavy (non-hydrogen) atoms. The topological polar surface area (TPSA) is 49.3 Å². The first-order chi connectivity index (χ1) is 12.0. The van der Waals surface area contributed by atoms with Gasteiger partial charge in [0, 0.05) is 28.4 Å². The van der Waals surface area contributed by atoms with Crippen LogP contribution in [0, 0.1) is 6.92 Å². The molecule has 1 aliphatic rings. The summed E-state index contributed by atoms with van der Waals surface area (Å²) in [6, 6.07) is 1.90. The van der Waals surface area contributed by atoms with Crippen LogP contribution in [0.25, 0.3) is 6.08 Å². The Kier molecular flexibility index (Phi) is 6.93. The first-order valence-electron chi connectivity index (χ1n) is 7.70. The number of ether oxygens (including phenoxy) is 4. The number of dihydropyridines is 1. The molecule has 1 aromatic rings. The smallest absolute Gasteiger partial charge is 0.203 e. The Morgan fingerprint density at radius 3 is 2.44 bits per heavy atom. The van der Waals surface area contributed by atoms with Crippen LogP contribution in [0.4, 0.5) is 0 Å². The van der Waals surface area contributed by atoms with Crippen LogP contribution in [0.5, 0.6) is 17.2 Å². The molecule has 7 heteroatoms. The highest BCUT2D eigenvalue weighted by molar-refractivity contribution is 9.12. The molecule has 1 aliphatic heterocycles. The molecule has 0 fully saturated rings. The average molecular weight is 431 g/mol. The summed E-state index contributed by atoms with van der Waals surface area (Å²) in [6.45, 7) is 4.42. The van der Waals surface area contributed by atoms with Crippen molar-refractivity contribution in [1.82, 2.24) is 0 Å². The lowest BCUT2D eigenvalue weighted by atomic mass is 10.0. The SMILES string of the molecule is CCOC1N=CC(Cl)=C(Br)C1=Cc1c(C)cc(OC)c(OC)c1OC. The van der Waals surface area contributed by atoms with Crippen LogP contribution in [-0.4, -0.2) is 40.4 Å². The molecule has 1 unspecified atom stereocenters. The Morgan fingerprint density at radius 1 is 1.20 bits per heavy atom. The third kappa shape index (κ3) is 4.02. The summed E-state index contributed by atoms with van der Waals surface area (Å²) < 4.78 is 22.9. The van der Waals surface area contributed by atoms with E-state index in [4.69, 9.17) is 30.5 Å². The molecule has 0 amide bonds. The number of hydrogen-bond acceptors (Lipinski definition) is 5. The molecule has 0 bridgehead atoms. The molecule has 1 heterocycles. The number of halogens is 2. The number of allylic oxidation sites excluding steroid dienone is 1. The summed E-state index contributed by atoms with van der Waals surface area (Å²) in [5, 5.41) is 0.513. The van der Waals surface area contributed by atoms with Gasteiger partial charge in [-0.2, -0.15) is 0 Å². The molecule has 0 saturated heterocycles. The van der Waals surface area contributed by atoms with E-state index in [1.807, 2.05) is 26.0 Å². The van der Waals surface area contributed by atoms with E-state index in [1.54, 1.807) is 27.5 Å². The molecule has 5 nitrogen and oxygen atoms in total. The van der Waals surface area contributed by atoms with E-state index in [2.05, 4.69) is 20.9 Å². The molecule has 0 aliphatic carbocycles. The number of aryl methyl sites for hydroxylation is 1. The lowest BCUT2D eigenvalue weighted by molar-refractivity contribution is 0.0974. The van der Waals surface area contributed by atoms with Crippen LogP contribution in [0.1, 0.15) is 18.1 Å². The summed E-state index contributed by atoms with van der Waals surface area (Å²) in [5.74, 6) is 1.71. The van der Waals surface area contributed by atoms with Crippen LogP contribution < -0.4 is 14.2 Å². The summed E-state index contributed by atoms with van der Waals surface area (Å²) in [6.07, 6.45) is 3.08. The number of nitrogens with zero attached hydrogens (tertiary/aromatic N) is 1. The van der Waals surface area contributed by atoms with Gasteiger partial charge in [-0.1, -0.05) is 11.6 Å². The van der Waals surface area contributed by atoms with Gasteiger partial charge in [-0.25, -0.2) is 0 Å². The van der Waals surface area contributed by atoms with Crippen molar-refractivity contribution >= 4 is 39.8 Å². The summed E-state index contributed by atoms with van der Waals surface area (Å²) in [5.41, 5.74) is 2.62. The number of rotatable bonds is 6. The second kappa shape index (κ2) is 8.74. The van der Waals surface area contributed by atoms with Gasteiger partial charge in [0.2, 0.25) is 5.75 Å². The largest absolute Gasteiger partial charge is 0.493 e. The molecular weight excluding hydrogens is 410 g/mol. The fraction of sp³-hybridized carbons (Fsp3) is 0.389. The van der Waals surface area contributed by atoms with Crippen LogP contribution in [0.2, 0.25) is 0 Å². The summed E-state index contributed by atoms with van der Waals surface area (Å²) in [4.78, 5) is 4.36. The van der Waals surface area contributed by atoms with Crippen molar-refractivity contribution in [1.29, 1.82) is 0 Å². The second-order valence-electron chi connectivity index (χ2n) is 5.22. The van der Waals surface area contributed by atoms with Crippen molar-refractivity contribution in [2.45, 2.75) is 20.1 Å². The predicted molar refractivity (Wildman–Crippen MR) is 105 cm³/mol. The molecule has 0 aromatic heterocycles. The highest BCUT2D eigenvalue weighted by Gasteiger charge is 2.24. The summed E-state index contributed by atoms with van der Waals surface area (Å²) in [7, 11) is 4.76. The number of aliphatic imine (C=N–C) groups is 1. The van der Waals surface area contributed by atoms with Gasteiger partial charge in [0.15, 0.2) is 17.7 Å². The molecule has 136 valence electrons. The van der Waals surface area contributed by atoms with Crippen molar-refractivity contribution in [2.75, 3.05) is 27.9 Å². The lowest BCUT2D eigenvalue weighted by Crippen LogP contribution is -2.17. The Bertz CT molecular complexity index is 743. The maximum Gasteiger partial charge on any atom is 0.203 e. The van der Waals surface area contributed by atoms with E-state index in [0.29, 0.717) is 28.9 Å². The molecule has 0 saturated carbocycles. The highest BCUT2D eigenvalue weighted by atomic mass is 79.9. The van der Waals surface area contributed by atoms with E-state index in [0.717, 1.165) is 21.2 Å². The Labute approximate surface area is 161 Å². The van der Waals surface area contributed by atoms with E-state index < -0.39 is 6.23 Å². The predicted octanol–water partition coefficient (Wildman–Crippen LogP) is 4.70. The quantitative estimate of drug-likeness (QED) is 0.656. The number of hydrogen-bond donors (Lipinski definition) is 0. The van der Waals surface area contributed by atoms with Gasteiger partial charge in [0.25, 0.3) is 0 Å². The van der Waals surface area contributed by atoms with Gasteiger partial charge in [-0.15, -0.1) is 0 Å². The normalized spacial score (nSPS) is 18.7. The van der Waals surface area contributed by atoms with Crippen LogP contribution in [-0.2, 0) is 4.74 Å². The van der Waals surface area contributed by atoms with Crippen LogP contribution in [0.3, 0.4) is 0 Å². The Hall–Kier alpha value is -1.50. The first kappa shape index (κ1) is 19.8. The highest BCUT2D eigenvalue weighted by Crippen LogP contribution is 2.44. The first-order valence-corrected chi connectivity index (χ1v) is 8.87. The van der Waals surface area contributed by atoms with Crippen LogP contribution >= 0.6 is 27.5 Å². The zero-order chi connectivity index (χ0) is 18.6. The van der Waals surface area contributed by atoms with Gasteiger partial charge < -0.3 is 18.9 Å². The van der Waals surface area contributed by atoms with Crippen molar-refractivity contribution in [3.63, 3.8) is 0 Å². The number of benzene rings is 1. The van der Waals surface area contributed by atoms with Crippen LogP contribution in [0.15, 0.2) is 26.1 Å². The van der Waals surface area contributed by atoms with Crippen molar-refractivity contribution in [3.05, 3.63) is 32.3 Å². The van der Waals surface area contributed by atoms with Crippen molar-refractivity contribution in [2.24, 2.45) is 4.99 Å². The molecule has 0 N–H and O–H groups in total. The van der Waals surface area contributed by atoms with Gasteiger partial charge in [0.05, 0.1) is 26.4 Å². The van der Waals surface area contributed by atoms with E-state index in [-0.39, 0.29) is 0 Å². The minimum absolute atomic E-state index is 0.445. The van der Waals surface area contributed by atoms with Crippen molar-refractivity contribution in [3.8, 4) is 17.2 Å². The van der Waals surface area contributed by atoms with E-state index >= 15 is 0 Å². The standard InChI is InChI=1S/C18H21BrClNO4/c1-6-25-18-12(15(19)13(20)9-21-18)8-11-10(2)7-14(22-3)17(24-5)16(11)23-4/h7-9,18H,6H2,1-5H3. The molecule has 2 rings (SSSR count). The molecule has 1 atom stereocenters. The van der Waals surface area contributed by atoms with E-state index in [1.165, 1.54) is 0 Å². The fourth-order valence-corrected chi connectivity index (χ4v) is 3.16. The molecular formula is C18H21BrClNO4. The lowest BCUT2D eigenvalue weighted by Gasteiger charge is -2.22. The second-order valence-corrected chi connectivity index (χ2v) is 6.42. The Balaban J connectivity index is 2.67. The number of methoxy groups -OCH3 is 3. The van der Waals surface area contributed by atoms with Crippen molar-refractivity contribution < 1.29 is 18.9 Å². The monoisotopic (exact) mass is 429 g/mol. The zero-order valence-corrected chi connectivity index (χ0v) is 17.2. The minimum Gasteiger partial charge on any atom is -0.493 e. The molecule has 0 radical (unpaired) electrons. The summed E-state index contributed by atoms with van der Waals surface area (Å²) >= 11 is 9.76. The van der Waals surface area contributed by atoms with Gasteiger partial charge in [-0.05, 0) is 47.5 Å². The maximum absolute atomic E-state index is 6.22. The third-order valence-electron chi connectivity index (χ3n) is 3.75. The average Bonchev–Trinajstić information content (AvgIpc) is 2.61. The third-order valence-corrected chi connectivity index (χ3v) is 5.15. The fourth-order valence-electron chi connectivity index (χ4n) is 2.58. The Morgan fingerprint density at radius 2 is 1.88 bits per heavy atom. The van der Waals surface area contributed by atoms with Gasteiger partial charge in [0.1, 0.15) is 0 Å². The maximum atomic E-state index is 6.22. The molecule has 1 aromatic carbocycles. The minimum atomic E-state index is -0.445. The molecule has 0 spiro atoms. The van der Waals surface area contributed by atoms with Gasteiger partial charge in [-0.3, -0.25) is 4.99 Å². The van der Waals surface area contributed by atoms with Gasteiger partial charge >= 0.3 is 0 Å². The zero-order valence-electron chi connectivity index (χ0n) is 14.9.